The van der Waals surface area contributed by atoms with E-state index in [1.54, 1.807) is 6.20 Å². The largest absolute Gasteiger partial charge is 0.481 e. The third kappa shape index (κ3) is 3.74. The molecule has 0 amide bonds. The number of rotatable bonds is 2. The van der Waals surface area contributed by atoms with Gasteiger partial charge in [-0.05, 0) is 34.5 Å². The Kier molecular flexibility index (Phi) is 4.95. The molecule has 1 rings (SSSR count). The highest BCUT2D eigenvalue weighted by Crippen LogP contribution is 2.13. The molecule has 0 saturated heterocycles. The van der Waals surface area contributed by atoms with E-state index in [0.717, 1.165) is 10.0 Å². The Balaban J connectivity index is 0.00000144. The van der Waals surface area contributed by atoms with Crippen molar-refractivity contribution >= 4 is 34.3 Å². The highest BCUT2D eigenvalue weighted by Gasteiger charge is 2.04. The summed E-state index contributed by atoms with van der Waals surface area (Å²) in [6.07, 6.45) is 1.59. The first-order valence-electron chi connectivity index (χ1n) is 3.42. The molecule has 0 atom stereocenters. The maximum Gasteiger partial charge on any atom is 0.309 e. The fourth-order valence-corrected chi connectivity index (χ4v) is 1.34. The summed E-state index contributed by atoms with van der Waals surface area (Å²) in [5.74, 6) is -0.854. The molecule has 5 heteroatoms. The number of nitrogens with zero attached hydrogens (tertiary/aromatic N) is 1. The zero-order chi connectivity index (χ0) is 9.14. The molecule has 0 aliphatic heterocycles. The maximum absolute atomic E-state index is 10.4. The van der Waals surface area contributed by atoms with E-state index >= 15 is 0 Å². The molecule has 1 heterocycles. The van der Waals surface area contributed by atoms with Crippen LogP contribution in [0, 0.1) is 6.92 Å². The molecule has 0 aromatic carbocycles. The van der Waals surface area contributed by atoms with Gasteiger partial charge in [0.15, 0.2) is 0 Å². The molecule has 1 aromatic heterocycles. The lowest BCUT2D eigenvalue weighted by Crippen LogP contribution is -2.04. The van der Waals surface area contributed by atoms with Crippen molar-refractivity contribution in [1.29, 1.82) is 0 Å². The van der Waals surface area contributed by atoms with Gasteiger partial charge in [0.1, 0.15) is 0 Å². The van der Waals surface area contributed by atoms with Crippen molar-refractivity contribution in [3.63, 3.8) is 0 Å². The molecular formula is C8H9BrClNO2. The van der Waals surface area contributed by atoms with E-state index in [-0.39, 0.29) is 18.8 Å². The van der Waals surface area contributed by atoms with Gasteiger partial charge in [0.2, 0.25) is 0 Å². The van der Waals surface area contributed by atoms with E-state index in [9.17, 15) is 4.79 Å². The molecule has 0 bridgehead atoms. The number of carboxylic acids is 1. The molecule has 0 fully saturated rings. The summed E-state index contributed by atoms with van der Waals surface area (Å²) in [4.78, 5) is 14.3. The van der Waals surface area contributed by atoms with Crippen molar-refractivity contribution < 1.29 is 9.90 Å². The van der Waals surface area contributed by atoms with Crippen molar-refractivity contribution in [2.45, 2.75) is 13.3 Å². The Hall–Kier alpha value is -0.610. The highest BCUT2D eigenvalue weighted by atomic mass is 79.9. The topological polar surface area (TPSA) is 50.2 Å². The monoisotopic (exact) mass is 265 g/mol. The normalized spacial score (nSPS) is 9.08. The summed E-state index contributed by atoms with van der Waals surface area (Å²) in [7, 11) is 0. The lowest BCUT2D eigenvalue weighted by atomic mass is 10.2. The minimum Gasteiger partial charge on any atom is -0.481 e. The van der Waals surface area contributed by atoms with E-state index < -0.39 is 5.97 Å². The van der Waals surface area contributed by atoms with Gasteiger partial charge in [0, 0.05) is 10.7 Å². The smallest absolute Gasteiger partial charge is 0.309 e. The zero-order valence-electron chi connectivity index (χ0n) is 6.95. The van der Waals surface area contributed by atoms with Crippen LogP contribution in [0.3, 0.4) is 0 Å². The number of hydrogen-bond donors (Lipinski definition) is 1. The summed E-state index contributed by atoms with van der Waals surface area (Å²) in [6.45, 7) is 1.84. The molecule has 3 nitrogen and oxygen atoms in total. The van der Waals surface area contributed by atoms with E-state index in [1.807, 2.05) is 13.0 Å². The Bertz CT molecular complexity index is 317. The second kappa shape index (κ2) is 5.19. The van der Waals surface area contributed by atoms with Crippen LogP contribution in [0.5, 0.6) is 0 Å². The Morgan fingerprint density at radius 2 is 2.31 bits per heavy atom. The summed E-state index contributed by atoms with van der Waals surface area (Å²) >= 11 is 3.25. The second-order valence-electron chi connectivity index (χ2n) is 2.49. The standard InChI is InChI=1S/C8H8BrNO2.ClH/c1-5-2-6(9)4-10-7(5)3-8(11)12;/h2,4H,3H2,1H3,(H,11,12);1H. The number of carboxylic acid groups (broad SMARTS) is 1. The zero-order valence-corrected chi connectivity index (χ0v) is 9.35. The summed E-state index contributed by atoms with van der Waals surface area (Å²) in [6, 6.07) is 1.85. The molecule has 1 N–H and O–H groups in total. The van der Waals surface area contributed by atoms with Gasteiger partial charge in [-0.25, -0.2) is 0 Å². The first-order valence-corrected chi connectivity index (χ1v) is 4.21. The van der Waals surface area contributed by atoms with Crippen LogP contribution in [-0.2, 0) is 11.2 Å². The van der Waals surface area contributed by atoms with Gasteiger partial charge in [-0.2, -0.15) is 0 Å². The second-order valence-corrected chi connectivity index (χ2v) is 3.40. The van der Waals surface area contributed by atoms with Gasteiger partial charge < -0.3 is 5.11 Å². The summed E-state index contributed by atoms with van der Waals surface area (Å²) in [5, 5.41) is 8.51. The number of hydrogen-bond acceptors (Lipinski definition) is 2. The first-order chi connectivity index (χ1) is 5.59. The van der Waals surface area contributed by atoms with Crippen LogP contribution < -0.4 is 0 Å². The van der Waals surface area contributed by atoms with Crippen LogP contribution >= 0.6 is 28.3 Å². The molecule has 0 aliphatic carbocycles. The Morgan fingerprint density at radius 1 is 1.69 bits per heavy atom. The SMILES string of the molecule is Cc1cc(Br)cnc1CC(=O)O.Cl. The number of pyridine rings is 1. The minimum absolute atomic E-state index is 0. The van der Waals surface area contributed by atoms with Crippen molar-refractivity contribution in [3.8, 4) is 0 Å². The maximum atomic E-state index is 10.4. The van der Waals surface area contributed by atoms with Crippen LogP contribution in [0.25, 0.3) is 0 Å². The van der Waals surface area contributed by atoms with Crippen LogP contribution in [0.2, 0.25) is 0 Å². The number of aliphatic carboxylic acids is 1. The number of carbonyl (C=O) groups is 1. The minimum atomic E-state index is -0.854. The molecule has 0 unspecified atom stereocenters. The molecular weight excluding hydrogens is 257 g/mol. The number of aromatic nitrogens is 1. The van der Waals surface area contributed by atoms with Crippen molar-refractivity contribution in [2.24, 2.45) is 0 Å². The fraction of sp³-hybridized carbons (Fsp3) is 0.250. The lowest BCUT2D eigenvalue weighted by Gasteiger charge is -2.00. The molecule has 1 aromatic rings. The fourth-order valence-electron chi connectivity index (χ4n) is 0.897. The predicted molar refractivity (Wildman–Crippen MR) is 55.3 cm³/mol. The predicted octanol–water partition coefficient (Wildman–Crippen LogP) is 2.20. The van der Waals surface area contributed by atoms with Gasteiger partial charge in [-0.1, -0.05) is 0 Å². The van der Waals surface area contributed by atoms with Crippen LogP contribution in [-0.4, -0.2) is 16.1 Å². The van der Waals surface area contributed by atoms with Crippen LogP contribution in [0.15, 0.2) is 16.7 Å². The molecule has 72 valence electrons. The van der Waals surface area contributed by atoms with Crippen molar-refractivity contribution in [1.82, 2.24) is 4.98 Å². The van der Waals surface area contributed by atoms with Gasteiger partial charge in [0.25, 0.3) is 0 Å². The van der Waals surface area contributed by atoms with Gasteiger partial charge in [-0.3, -0.25) is 9.78 Å². The molecule has 0 radical (unpaired) electrons. The third-order valence-corrected chi connectivity index (χ3v) is 1.91. The van der Waals surface area contributed by atoms with Crippen LogP contribution in [0.1, 0.15) is 11.3 Å². The van der Waals surface area contributed by atoms with Crippen molar-refractivity contribution in [2.75, 3.05) is 0 Å². The van der Waals surface area contributed by atoms with E-state index in [0.29, 0.717) is 5.69 Å². The van der Waals surface area contributed by atoms with Gasteiger partial charge in [-0.15, -0.1) is 12.4 Å². The van der Waals surface area contributed by atoms with Gasteiger partial charge >= 0.3 is 5.97 Å². The van der Waals surface area contributed by atoms with Crippen LogP contribution in [0.4, 0.5) is 0 Å². The Morgan fingerprint density at radius 3 is 2.77 bits per heavy atom. The number of halogens is 2. The van der Waals surface area contributed by atoms with E-state index in [2.05, 4.69) is 20.9 Å². The van der Waals surface area contributed by atoms with Gasteiger partial charge in [0.05, 0.1) is 12.1 Å². The molecule has 13 heavy (non-hydrogen) atoms. The average molecular weight is 267 g/mol. The molecule has 0 aliphatic rings. The van der Waals surface area contributed by atoms with E-state index in [1.165, 1.54) is 0 Å². The third-order valence-electron chi connectivity index (χ3n) is 1.47. The van der Waals surface area contributed by atoms with E-state index in [4.69, 9.17) is 5.11 Å². The first kappa shape index (κ1) is 12.4. The number of aryl methyl sites for hydroxylation is 1. The quantitative estimate of drug-likeness (QED) is 0.893. The Labute approximate surface area is 90.7 Å². The van der Waals surface area contributed by atoms with Crippen molar-refractivity contribution in [3.05, 3.63) is 28.0 Å². The average Bonchev–Trinajstić information content (AvgIpc) is 1.94. The summed E-state index contributed by atoms with van der Waals surface area (Å²) in [5.41, 5.74) is 1.51. The molecule has 0 saturated carbocycles. The highest BCUT2D eigenvalue weighted by molar-refractivity contribution is 9.10. The molecule has 0 spiro atoms. The lowest BCUT2D eigenvalue weighted by molar-refractivity contribution is -0.136. The summed E-state index contributed by atoms with van der Waals surface area (Å²) < 4.78 is 0.870.